The Labute approximate surface area is 200 Å². The minimum Gasteiger partial charge on any atom is -0.480 e. The second-order valence-corrected chi connectivity index (χ2v) is 8.52. The van der Waals surface area contributed by atoms with Crippen molar-refractivity contribution in [1.82, 2.24) is 5.32 Å². The maximum atomic E-state index is 12.3. The SMILES string of the molecule is CCC(=O)Oc1ccc(C[C@H](NCC(C)OC(=O)C2CCCCC2)C(=O)O)cc1OC(=O)CC. The Morgan fingerprint density at radius 1 is 1.00 bits per heavy atom. The Balaban J connectivity index is 2.02. The predicted molar refractivity (Wildman–Crippen MR) is 124 cm³/mol. The number of carbonyl (C=O) groups excluding carboxylic acids is 3. The monoisotopic (exact) mass is 477 g/mol. The first-order valence-electron chi connectivity index (χ1n) is 11.9. The smallest absolute Gasteiger partial charge is 0.321 e. The fourth-order valence-corrected chi connectivity index (χ4v) is 3.70. The van der Waals surface area contributed by atoms with Crippen LogP contribution in [-0.4, -0.2) is 47.7 Å². The normalized spacial score (nSPS) is 15.7. The number of carboxylic acids is 1. The summed E-state index contributed by atoms with van der Waals surface area (Å²) < 4.78 is 16.0. The van der Waals surface area contributed by atoms with Gasteiger partial charge in [0, 0.05) is 19.4 Å². The van der Waals surface area contributed by atoms with Crippen LogP contribution in [0.25, 0.3) is 0 Å². The van der Waals surface area contributed by atoms with Crippen LogP contribution in [0.4, 0.5) is 0 Å². The van der Waals surface area contributed by atoms with E-state index in [0.29, 0.717) is 5.56 Å². The molecule has 2 atom stereocenters. The Kier molecular flexibility index (Phi) is 11.0. The molecule has 0 aromatic heterocycles. The van der Waals surface area contributed by atoms with E-state index >= 15 is 0 Å². The van der Waals surface area contributed by atoms with Gasteiger partial charge in [-0.1, -0.05) is 39.2 Å². The van der Waals surface area contributed by atoms with Crippen molar-refractivity contribution in [3.63, 3.8) is 0 Å². The fourth-order valence-electron chi connectivity index (χ4n) is 3.70. The van der Waals surface area contributed by atoms with E-state index in [0.717, 1.165) is 32.1 Å². The Bertz CT molecular complexity index is 862. The molecule has 1 unspecified atom stereocenters. The van der Waals surface area contributed by atoms with Gasteiger partial charge in [-0.3, -0.25) is 19.2 Å². The third kappa shape index (κ3) is 8.78. The number of ether oxygens (including phenoxy) is 3. The molecule has 0 heterocycles. The van der Waals surface area contributed by atoms with Crippen LogP contribution < -0.4 is 14.8 Å². The Morgan fingerprint density at radius 2 is 1.62 bits per heavy atom. The van der Waals surface area contributed by atoms with Crippen LogP contribution >= 0.6 is 0 Å². The zero-order chi connectivity index (χ0) is 25.1. The van der Waals surface area contributed by atoms with Gasteiger partial charge in [0.1, 0.15) is 12.1 Å². The number of carbonyl (C=O) groups is 4. The molecule has 2 N–H and O–H groups in total. The molecule has 1 aromatic rings. The molecule has 0 aliphatic heterocycles. The van der Waals surface area contributed by atoms with Crippen molar-refractivity contribution in [1.29, 1.82) is 0 Å². The third-order valence-corrected chi connectivity index (χ3v) is 5.68. The Morgan fingerprint density at radius 3 is 2.21 bits per heavy atom. The molecule has 1 aliphatic carbocycles. The molecule has 9 heteroatoms. The lowest BCUT2D eigenvalue weighted by Gasteiger charge is -2.23. The number of aliphatic carboxylic acids is 1. The molecule has 1 saturated carbocycles. The predicted octanol–water partition coefficient (Wildman–Crippen LogP) is 3.41. The van der Waals surface area contributed by atoms with Gasteiger partial charge in [-0.2, -0.15) is 0 Å². The van der Waals surface area contributed by atoms with E-state index in [1.165, 1.54) is 12.1 Å². The molecule has 1 aromatic carbocycles. The van der Waals surface area contributed by atoms with Crippen LogP contribution in [0, 0.1) is 5.92 Å². The average Bonchev–Trinajstić information content (AvgIpc) is 2.83. The van der Waals surface area contributed by atoms with Gasteiger partial charge in [-0.25, -0.2) is 0 Å². The molecule has 1 fully saturated rings. The van der Waals surface area contributed by atoms with E-state index in [4.69, 9.17) is 14.2 Å². The van der Waals surface area contributed by atoms with Gasteiger partial charge in [-0.05, 0) is 43.9 Å². The molecule has 0 spiro atoms. The highest BCUT2D eigenvalue weighted by molar-refractivity contribution is 5.76. The summed E-state index contributed by atoms with van der Waals surface area (Å²) in [5.74, 6) is -2.20. The number of hydrogen-bond donors (Lipinski definition) is 2. The highest BCUT2D eigenvalue weighted by atomic mass is 16.6. The summed E-state index contributed by atoms with van der Waals surface area (Å²) in [4.78, 5) is 47.6. The number of carboxylic acid groups (broad SMARTS) is 1. The van der Waals surface area contributed by atoms with E-state index in [9.17, 15) is 24.3 Å². The van der Waals surface area contributed by atoms with Gasteiger partial charge in [0.15, 0.2) is 11.5 Å². The molecule has 0 saturated heterocycles. The third-order valence-electron chi connectivity index (χ3n) is 5.68. The molecular weight excluding hydrogens is 442 g/mol. The Hall–Kier alpha value is -2.94. The maximum absolute atomic E-state index is 12.3. The van der Waals surface area contributed by atoms with Gasteiger partial charge in [-0.15, -0.1) is 0 Å². The highest BCUT2D eigenvalue weighted by Gasteiger charge is 2.25. The summed E-state index contributed by atoms with van der Waals surface area (Å²) in [7, 11) is 0. The molecule has 0 radical (unpaired) electrons. The lowest BCUT2D eigenvalue weighted by atomic mass is 9.89. The zero-order valence-corrected chi connectivity index (χ0v) is 20.1. The van der Waals surface area contributed by atoms with Crippen molar-refractivity contribution in [2.24, 2.45) is 5.92 Å². The van der Waals surface area contributed by atoms with Crippen LogP contribution in [0.15, 0.2) is 18.2 Å². The van der Waals surface area contributed by atoms with Crippen molar-refractivity contribution >= 4 is 23.9 Å². The molecule has 1 aliphatic rings. The van der Waals surface area contributed by atoms with E-state index in [2.05, 4.69) is 5.32 Å². The van der Waals surface area contributed by atoms with E-state index in [1.807, 2.05) is 0 Å². The maximum Gasteiger partial charge on any atom is 0.321 e. The number of benzene rings is 1. The van der Waals surface area contributed by atoms with Crippen molar-refractivity contribution in [3.8, 4) is 11.5 Å². The summed E-state index contributed by atoms with van der Waals surface area (Å²) in [5.41, 5.74) is 0.571. The first kappa shape index (κ1) is 27.3. The van der Waals surface area contributed by atoms with Gasteiger partial charge in [0.2, 0.25) is 0 Å². The number of esters is 3. The average molecular weight is 478 g/mol. The standard InChI is InChI=1S/C25H35NO8/c1-4-22(27)33-20-12-11-17(14-21(20)34-23(28)5-2)13-19(24(29)30)26-15-16(3)32-25(31)18-9-7-6-8-10-18/h11-12,14,16,18-19,26H,4-10,13,15H2,1-3H3,(H,29,30)/t16?,19-/m0/s1. The molecule has 9 nitrogen and oxygen atoms in total. The van der Waals surface area contributed by atoms with Crippen LogP contribution in [0.3, 0.4) is 0 Å². The second kappa shape index (κ2) is 13.7. The van der Waals surface area contributed by atoms with E-state index in [-0.39, 0.29) is 49.2 Å². The van der Waals surface area contributed by atoms with Crippen LogP contribution in [-0.2, 0) is 30.3 Å². The van der Waals surface area contributed by atoms with E-state index in [1.54, 1.807) is 26.8 Å². The summed E-state index contributed by atoms with van der Waals surface area (Å²) in [6.07, 6.45) is 4.75. The quantitative estimate of drug-likeness (QED) is 0.344. The topological polar surface area (TPSA) is 128 Å². The zero-order valence-electron chi connectivity index (χ0n) is 20.1. The molecule has 34 heavy (non-hydrogen) atoms. The first-order valence-corrected chi connectivity index (χ1v) is 11.9. The van der Waals surface area contributed by atoms with Crippen molar-refractivity contribution in [2.75, 3.05) is 6.54 Å². The van der Waals surface area contributed by atoms with Crippen LogP contribution in [0.1, 0.15) is 71.3 Å². The first-order chi connectivity index (χ1) is 16.2. The van der Waals surface area contributed by atoms with Crippen molar-refractivity contribution < 1.29 is 38.5 Å². The number of hydrogen-bond acceptors (Lipinski definition) is 8. The van der Waals surface area contributed by atoms with Gasteiger partial charge in [0.25, 0.3) is 0 Å². The van der Waals surface area contributed by atoms with Crippen LogP contribution in [0.5, 0.6) is 11.5 Å². The minimum absolute atomic E-state index is 0.0602. The summed E-state index contributed by atoms with van der Waals surface area (Å²) in [6, 6.07) is 3.63. The fraction of sp³-hybridized carbons (Fsp3) is 0.600. The molecule has 188 valence electrons. The molecular formula is C25H35NO8. The molecule has 2 rings (SSSR count). The van der Waals surface area contributed by atoms with E-state index < -0.39 is 30.1 Å². The number of rotatable bonds is 12. The minimum atomic E-state index is -1.07. The largest absolute Gasteiger partial charge is 0.480 e. The van der Waals surface area contributed by atoms with Crippen LogP contribution in [0.2, 0.25) is 0 Å². The summed E-state index contributed by atoms with van der Waals surface area (Å²) >= 11 is 0. The lowest BCUT2D eigenvalue weighted by molar-refractivity contribution is -0.154. The van der Waals surface area contributed by atoms with Gasteiger partial charge < -0.3 is 24.6 Å². The highest BCUT2D eigenvalue weighted by Crippen LogP contribution is 2.30. The molecule has 0 amide bonds. The second-order valence-electron chi connectivity index (χ2n) is 8.52. The summed E-state index contributed by atoms with van der Waals surface area (Å²) in [6.45, 7) is 5.19. The summed E-state index contributed by atoms with van der Waals surface area (Å²) in [5, 5.41) is 12.6. The van der Waals surface area contributed by atoms with Gasteiger partial charge >= 0.3 is 23.9 Å². The number of nitrogens with one attached hydrogen (secondary N) is 1. The van der Waals surface area contributed by atoms with Crippen molar-refractivity contribution in [2.45, 2.75) is 84.3 Å². The van der Waals surface area contributed by atoms with Crippen molar-refractivity contribution in [3.05, 3.63) is 23.8 Å². The molecule has 0 bridgehead atoms. The lowest BCUT2D eigenvalue weighted by Crippen LogP contribution is -2.43. The van der Waals surface area contributed by atoms with Gasteiger partial charge in [0.05, 0.1) is 5.92 Å².